The van der Waals surface area contributed by atoms with E-state index in [0.29, 0.717) is 6.04 Å². The average molecular weight is 248 g/mol. The summed E-state index contributed by atoms with van der Waals surface area (Å²) in [6.07, 6.45) is 3.92. The van der Waals surface area contributed by atoms with E-state index in [1.807, 2.05) is 12.4 Å². The molecular formula is C12H16N4S. The first-order chi connectivity index (χ1) is 8.34. The molecule has 2 N–H and O–H groups in total. The standard InChI is InChI=1S/C12H16N4S/c1-16-5-4-14-7-11(16)12-15-10(8-17-12)9-2-3-13-6-9/h2-3,6,8,11,13-14H,4-5,7H2,1H3. The summed E-state index contributed by atoms with van der Waals surface area (Å²) in [4.78, 5) is 10.2. The van der Waals surface area contributed by atoms with Gasteiger partial charge in [0.05, 0.1) is 11.7 Å². The minimum atomic E-state index is 0.418. The van der Waals surface area contributed by atoms with Gasteiger partial charge in [-0.3, -0.25) is 4.90 Å². The summed E-state index contributed by atoms with van der Waals surface area (Å²) in [7, 11) is 2.17. The molecule has 1 saturated heterocycles. The Balaban J connectivity index is 1.84. The highest BCUT2D eigenvalue weighted by Crippen LogP contribution is 2.28. The molecule has 0 bridgehead atoms. The number of nitrogens with one attached hydrogen (secondary N) is 2. The highest BCUT2D eigenvalue weighted by Gasteiger charge is 2.23. The van der Waals surface area contributed by atoms with Gasteiger partial charge in [0.1, 0.15) is 5.01 Å². The van der Waals surface area contributed by atoms with Crippen molar-refractivity contribution in [2.24, 2.45) is 0 Å². The van der Waals surface area contributed by atoms with Gasteiger partial charge in [-0.1, -0.05) is 0 Å². The van der Waals surface area contributed by atoms with Gasteiger partial charge in [-0.2, -0.15) is 0 Å². The molecule has 2 aromatic heterocycles. The summed E-state index contributed by atoms with van der Waals surface area (Å²) in [6.45, 7) is 3.16. The normalized spacial score (nSPS) is 21.8. The molecule has 3 heterocycles. The van der Waals surface area contributed by atoms with E-state index in [0.717, 1.165) is 25.3 Å². The summed E-state index contributed by atoms with van der Waals surface area (Å²) >= 11 is 1.75. The van der Waals surface area contributed by atoms with Crippen molar-refractivity contribution in [3.63, 3.8) is 0 Å². The monoisotopic (exact) mass is 248 g/mol. The van der Waals surface area contributed by atoms with E-state index < -0.39 is 0 Å². The molecule has 0 aliphatic carbocycles. The number of rotatable bonds is 2. The number of H-pyrrole nitrogens is 1. The van der Waals surface area contributed by atoms with Crippen molar-refractivity contribution in [2.45, 2.75) is 6.04 Å². The van der Waals surface area contributed by atoms with E-state index in [2.05, 4.69) is 33.7 Å². The third kappa shape index (κ3) is 2.13. The van der Waals surface area contributed by atoms with Gasteiger partial charge < -0.3 is 10.3 Å². The van der Waals surface area contributed by atoms with Crippen LogP contribution in [0.15, 0.2) is 23.8 Å². The van der Waals surface area contributed by atoms with Crippen LogP contribution in [0.3, 0.4) is 0 Å². The van der Waals surface area contributed by atoms with Gasteiger partial charge in [-0.25, -0.2) is 4.98 Å². The maximum Gasteiger partial charge on any atom is 0.112 e. The lowest BCUT2D eigenvalue weighted by Crippen LogP contribution is -2.43. The third-order valence-electron chi connectivity index (χ3n) is 3.21. The molecule has 1 aliphatic rings. The molecule has 17 heavy (non-hydrogen) atoms. The second kappa shape index (κ2) is 4.60. The Kier molecular flexibility index (Phi) is 2.96. The fraction of sp³-hybridized carbons (Fsp3) is 0.417. The lowest BCUT2D eigenvalue weighted by Gasteiger charge is -2.31. The zero-order chi connectivity index (χ0) is 11.7. The van der Waals surface area contributed by atoms with E-state index in [9.17, 15) is 0 Å². The molecular weight excluding hydrogens is 232 g/mol. The molecule has 1 unspecified atom stereocenters. The first-order valence-electron chi connectivity index (χ1n) is 5.84. The second-order valence-corrected chi connectivity index (χ2v) is 5.26. The van der Waals surface area contributed by atoms with Crippen molar-refractivity contribution >= 4 is 11.3 Å². The van der Waals surface area contributed by atoms with E-state index in [4.69, 9.17) is 4.98 Å². The Bertz CT molecular complexity index is 476. The number of aromatic nitrogens is 2. The van der Waals surface area contributed by atoms with Crippen LogP contribution in [0.2, 0.25) is 0 Å². The Morgan fingerprint density at radius 1 is 1.53 bits per heavy atom. The summed E-state index contributed by atoms with van der Waals surface area (Å²) < 4.78 is 0. The second-order valence-electron chi connectivity index (χ2n) is 4.37. The van der Waals surface area contributed by atoms with Gasteiger partial charge >= 0.3 is 0 Å². The zero-order valence-corrected chi connectivity index (χ0v) is 10.6. The number of thiazole rings is 1. The van der Waals surface area contributed by atoms with Gasteiger partial charge in [0, 0.05) is 43.0 Å². The number of piperazine rings is 1. The SMILES string of the molecule is CN1CCNCC1c1nc(-c2cc[nH]c2)cs1. The minimum absolute atomic E-state index is 0.418. The highest BCUT2D eigenvalue weighted by atomic mass is 32.1. The predicted octanol–water partition coefficient (Wildman–Crippen LogP) is 1.71. The first kappa shape index (κ1) is 11.0. The molecule has 0 aromatic carbocycles. The van der Waals surface area contributed by atoms with Crippen LogP contribution in [-0.2, 0) is 0 Å². The van der Waals surface area contributed by atoms with E-state index in [-0.39, 0.29) is 0 Å². The van der Waals surface area contributed by atoms with Crippen molar-refractivity contribution in [1.82, 2.24) is 20.2 Å². The summed E-state index contributed by atoms with van der Waals surface area (Å²) in [5.74, 6) is 0. The predicted molar refractivity (Wildman–Crippen MR) is 70.1 cm³/mol. The molecule has 1 atom stereocenters. The van der Waals surface area contributed by atoms with E-state index in [1.165, 1.54) is 10.6 Å². The Morgan fingerprint density at radius 2 is 2.47 bits per heavy atom. The number of nitrogens with zero attached hydrogens (tertiary/aromatic N) is 2. The lowest BCUT2D eigenvalue weighted by molar-refractivity contribution is 0.202. The number of aromatic amines is 1. The smallest absolute Gasteiger partial charge is 0.112 e. The van der Waals surface area contributed by atoms with Crippen molar-refractivity contribution in [2.75, 3.05) is 26.7 Å². The zero-order valence-electron chi connectivity index (χ0n) is 9.81. The summed E-state index contributed by atoms with van der Waals surface area (Å²) in [5, 5.41) is 6.77. The van der Waals surface area contributed by atoms with Crippen molar-refractivity contribution in [1.29, 1.82) is 0 Å². The van der Waals surface area contributed by atoms with Crippen LogP contribution in [0.5, 0.6) is 0 Å². The van der Waals surface area contributed by atoms with Gasteiger partial charge in [0.25, 0.3) is 0 Å². The van der Waals surface area contributed by atoms with Crippen LogP contribution >= 0.6 is 11.3 Å². The van der Waals surface area contributed by atoms with Crippen LogP contribution in [-0.4, -0.2) is 41.5 Å². The van der Waals surface area contributed by atoms with Gasteiger partial charge in [-0.15, -0.1) is 11.3 Å². The maximum atomic E-state index is 4.74. The Morgan fingerprint density at radius 3 is 3.24 bits per heavy atom. The average Bonchev–Trinajstić information content (AvgIpc) is 3.00. The first-order valence-corrected chi connectivity index (χ1v) is 6.72. The molecule has 1 aliphatic heterocycles. The molecule has 5 heteroatoms. The molecule has 1 fully saturated rings. The molecule has 3 rings (SSSR count). The molecule has 2 aromatic rings. The van der Waals surface area contributed by atoms with E-state index >= 15 is 0 Å². The highest BCUT2D eigenvalue weighted by molar-refractivity contribution is 7.10. The quantitative estimate of drug-likeness (QED) is 0.850. The lowest BCUT2D eigenvalue weighted by atomic mass is 10.2. The van der Waals surface area contributed by atoms with Gasteiger partial charge in [0.2, 0.25) is 0 Å². The number of likely N-dealkylation sites (N-methyl/N-ethyl adjacent to an activating group) is 1. The molecule has 0 radical (unpaired) electrons. The molecule has 0 spiro atoms. The number of hydrogen-bond donors (Lipinski definition) is 2. The fourth-order valence-corrected chi connectivity index (χ4v) is 3.13. The maximum absolute atomic E-state index is 4.74. The van der Waals surface area contributed by atoms with Crippen LogP contribution in [0.25, 0.3) is 11.3 Å². The topological polar surface area (TPSA) is 44.0 Å². The third-order valence-corrected chi connectivity index (χ3v) is 4.16. The van der Waals surface area contributed by atoms with Crippen molar-refractivity contribution < 1.29 is 0 Å². The van der Waals surface area contributed by atoms with Gasteiger partial charge in [-0.05, 0) is 13.1 Å². The molecule has 0 amide bonds. The van der Waals surface area contributed by atoms with Crippen LogP contribution < -0.4 is 5.32 Å². The largest absolute Gasteiger partial charge is 0.367 e. The van der Waals surface area contributed by atoms with Gasteiger partial charge in [0.15, 0.2) is 0 Å². The molecule has 0 saturated carbocycles. The molecule has 4 nitrogen and oxygen atoms in total. The van der Waals surface area contributed by atoms with Crippen molar-refractivity contribution in [3.05, 3.63) is 28.8 Å². The Hall–Kier alpha value is -1.17. The Labute approximate surface area is 105 Å². The van der Waals surface area contributed by atoms with Crippen LogP contribution in [0.1, 0.15) is 11.0 Å². The number of hydrogen-bond acceptors (Lipinski definition) is 4. The van der Waals surface area contributed by atoms with Crippen LogP contribution in [0, 0.1) is 0 Å². The minimum Gasteiger partial charge on any atom is -0.367 e. The van der Waals surface area contributed by atoms with Crippen molar-refractivity contribution in [3.8, 4) is 11.3 Å². The summed E-state index contributed by atoms with van der Waals surface area (Å²) in [5.41, 5.74) is 2.24. The summed E-state index contributed by atoms with van der Waals surface area (Å²) in [6, 6.07) is 2.48. The van der Waals surface area contributed by atoms with E-state index in [1.54, 1.807) is 11.3 Å². The molecule has 90 valence electrons. The fourth-order valence-electron chi connectivity index (χ4n) is 2.14. The van der Waals surface area contributed by atoms with Crippen LogP contribution in [0.4, 0.5) is 0 Å².